The number of benzene rings is 1. The molecule has 19 heavy (non-hydrogen) atoms. The van der Waals surface area contributed by atoms with Crippen LogP contribution in [0.3, 0.4) is 0 Å². The molecule has 0 saturated heterocycles. The Kier molecular flexibility index (Phi) is 2.94. The summed E-state index contributed by atoms with van der Waals surface area (Å²) in [6, 6.07) is 6.97. The van der Waals surface area contributed by atoms with Crippen molar-refractivity contribution in [2.24, 2.45) is 7.05 Å². The molecule has 4 nitrogen and oxygen atoms in total. The highest BCUT2D eigenvalue weighted by atomic mass is 32.1. The van der Waals surface area contributed by atoms with Gasteiger partial charge in [0.2, 0.25) is 0 Å². The maximum Gasteiger partial charge on any atom is 0.178 e. The first-order valence-electron chi connectivity index (χ1n) is 6.01. The van der Waals surface area contributed by atoms with Gasteiger partial charge in [-0.15, -0.1) is 0 Å². The number of nitrogens with zero attached hydrogens (tertiary/aromatic N) is 3. The Morgan fingerprint density at radius 2 is 2.21 bits per heavy atom. The fourth-order valence-electron chi connectivity index (χ4n) is 2.24. The molecule has 0 fully saturated rings. The van der Waals surface area contributed by atoms with Crippen LogP contribution in [0.1, 0.15) is 5.69 Å². The summed E-state index contributed by atoms with van der Waals surface area (Å²) >= 11 is 5.26. The molecular weight excluding hydrogens is 263 g/mol. The lowest BCUT2D eigenvalue weighted by Crippen LogP contribution is -2.05. The van der Waals surface area contributed by atoms with Crippen LogP contribution < -0.4 is 0 Å². The monoisotopic (exact) mass is 276 g/mol. The SMILES string of the molecule is Cn1nccc1CCn1c(=S)[nH]c2c(F)cccc21. The van der Waals surface area contributed by atoms with Crippen LogP contribution in [0.4, 0.5) is 4.39 Å². The summed E-state index contributed by atoms with van der Waals surface area (Å²) in [4.78, 5) is 2.92. The van der Waals surface area contributed by atoms with E-state index in [1.54, 1.807) is 12.3 Å². The highest BCUT2D eigenvalue weighted by Gasteiger charge is 2.08. The van der Waals surface area contributed by atoms with Gasteiger partial charge in [0.15, 0.2) is 4.77 Å². The molecule has 0 saturated carbocycles. The van der Waals surface area contributed by atoms with Crippen molar-refractivity contribution in [1.82, 2.24) is 19.3 Å². The number of imidazole rings is 1. The molecule has 0 spiro atoms. The lowest BCUT2D eigenvalue weighted by Gasteiger charge is -2.05. The summed E-state index contributed by atoms with van der Waals surface area (Å²) in [5.41, 5.74) is 2.39. The highest BCUT2D eigenvalue weighted by molar-refractivity contribution is 7.71. The second kappa shape index (κ2) is 4.62. The molecule has 0 atom stereocenters. The van der Waals surface area contributed by atoms with E-state index in [4.69, 9.17) is 12.2 Å². The maximum absolute atomic E-state index is 13.7. The van der Waals surface area contributed by atoms with Crippen LogP contribution >= 0.6 is 12.2 Å². The number of aromatic nitrogens is 4. The van der Waals surface area contributed by atoms with Gasteiger partial charge in [-0.05, 0) is 30.4 Å². The Balaban J connectivity index is 1.97. The quantitative estimate of drug-likeness (QED) is 0.747. The average Bonchev–Trinajstić information content (AvgIpc) is 2.92. The first-order valence-corrected chi connectivity index (χ1v) is 6.41. The summed E-state index contributed by atoms with van der Waals surface area (Å²) in [5.74, 6) is -0.275. The van der Waals surface area contributed by atoms with E-state index in [0.29, 0.717) is 16.8 Å². The van der Waals surface area contributed by atoms with Crippen molar-refractivity contribution >= 4 is 23.3 Å². The molecule has 0 aliphatic heterocycles. The molecule has 2 heterocycles. The van der Waals surface area contributed by atoms with Gasteiger partial charge >= 0.3 is 0 Å². The Bertz CT molecular complexity index is 783. The number of hydrogen-bond acceptors (Lipinski definition) is 2. The van der Waals surface area contributed by atoms with Crippen LogP contribution in [0, 0.1) is 10.6 Å². The average molecular weight is 276 g/mol. The molecule has 98 valence electrons. The number of aromatic amines is 1. The summed E-state index contributed by atoms with van der Waals surface area (Å²) in [6.45, 7) is 0.696. The van der Waals surface area contributed by atoms with Crippen molar-refractivity contribution in [3.05, 3.63) is 46.7 Å². The smallest absolute Gasteiger partial charge is 0.178 e. The summed E-state index contributed by atoms with van der Waals surface area (Å²) < 4.78 is 17.9. The molecule has 3 aromatic rings. The molecule has 2 aromatic heterocycles. The minimum Gasteiger partial charge on any atom is -0.328 e. The second-order valence-electron chi connectivity index (χ2n) is 4.41. The summed E-state index contributed by atoms with van der Waals surface area (Å²) in [5, 5.41) is 4.13. The van der Waals surface area contributed by atoms with E-state index in [1.165, 1.54) is 6.07 Å². The van der Waals surface area contributed by atoms with Crippen molar-refractivity contribution < 1.29 is 4.39 Å². The molecule has 1 N–H and O–H groups in total. The minimum absolute atomic E-state index is 0.275. The molecule has 0 bridgehead atoms. The van der Waals surface area contributed by atoms with Gasteiger partial charge in [0.25, 0.3) is 0 Å². The van der Waals surface area contributed by atoms with Crippen molar-refractivity contribution in [3.8, 4) is 0 Å². The molecule has 0 amide bonds. The van der Waals surface area contributed by atoms with E-state index >= 15 is 0 Å². The normalized spacial score (nSPS) is 11.3. The van der Waals surface area contributed by atoms with Gasteiger partial charge in [-0.25, -0.2) is 4.39 Å². The highest BCUT2D eigenvalue weighted by Crippen LogP contribution is 2.17. The van der Waals surface area contributed by atoms with Crippen LogP contribution in [0.5, 0.6) is 0 Å². The van der Waals surface area contributed by atoms with E-state index in [9.17, 15) is 4.39 Å². The predicted octanol–water partition coefficient (Wildman–Crippen LogP) is 2.81. The van der Waals surface area contributed by atoms with E-state index < -0.39 is 0 Å². The Morgan fingerprint density at radius 3 is 2.95 bits per heavy atom. The van der Waals surface area contributed by atoms with Crippen LogP contribution in [0.15, 0.2) is 30.5 Å². The molecule has 3 rings (SSSR count). The van der Waals surface area contributed by atoms with Gasteiger partial charge in [0.05, 0.1) is 5.52 Å². The molecule has 0 aliphatic carbocycles. The van der Waals surface area contributed by atoms with Crippen molar-refractivity contribution in [2.75, 3.05) is 0 Å². The van der Waals surface area contributed by atoms with Crippen LogP contribution in [-0.4, -0.2) is 19.3 Å². The molecular formula is C13H13FN4S. The molecule has 0 aliphatic rings. The number of H-pyrrole nitrogens is 1. The van der Waals surface area contributed by atoms with E-state index in [2.05, 4.69) is 10.1 Å². The number of aryl methyl sites for hydroxylation is 3. The van der Waals surface area contributed by atoms with Crippen LogP contribution in [-0.2, 0) is 20.0 Å². The Hall–Kier alpha value is -1.95. The molecule has 1 aromatic carbocycles. The van der Waals surface area contributed by atoms with Gasteiger partial charge in [0.1, 0.15) is 11.3 Å². The van der Waals surface area contributed by atoms with Crippen molar-refractivity contribution in [2.45, 2.75) is 13.0 Å². The zero-order valence-electron chi connectivity index (χ0n) is 10.4. The minimum atomic E-state index is -0.275. The topological polar surface area (TPSA) is 38.5 Å². The summed E-state index contributed by atoms with van der Waals surface area (Å²) in [6.07, 6.45) is 2.57. The van der Waals surface area contributed by atoms with E-state index in [-0.39, 0.29) is 5.82 Å². The number of hydrogen-bond donors (Lipinski definition) is 1. The maximum atomic E-state index is 13.7. The number of nitrogens with one attached hydrogen (secondary N) is 1. The number of rotatable bonds is 3. The van der Waals surface area contributed by atoms with E-state index in [0.717, 1.165) is 17.6 Å². The molecule has 0 radical (unpaired) electrons. The Morgan fingerprint density at radius 1 is 1.37 bits per heavy atom. The van der Waals surface area contributed by atoms with Gasteiger partial charge in [-0.3, -0.25) is 4.68 Å². The van der Waals surface area contributed by atoms with Gasteiger partial charge in [-0.2, -0.15) is 5.10 Å². The lowest BCUT2D eigenvalue weighted by atomic mass is 10.3. The number of fused-ring (bicyclic) bond motifs is 1. The van der Waals surface area contributed by atoms with Crippen molar-refractivity contribution in [3.63, 3.8) is 0 Å². The fourth-order valence-corrected chi connectivity index (χ4v) is 2.53. The lowest BCUT2D eigenvalue weighted by molar-refractivity contribution is 0.636. The first kappa shape index (κ1) is 12.1. The van der Waals surface area contributed by atoms with E-state index in [1.807, 2.05) is 28.4 Å². The fraction of sp³-hybridized carbons (Fsp3) is 0.231. The van der Waals surface area contributed by atoms with Gasteiger partial charge < -0.3 is 9.55 Å². The van der Waals surface area contributed by atoms with Gasteiger partial charge in [-0.1, -0.05) is 6.07 Å². The number of para-hydroxylation sites is 1. The van der Waals surface area contributed by atoms with Crippen LogP contribution in [0.2, 0.25) is 0 Å². The van der Waals surface area contributed by atoms with Crippen LogP contribution in [0.25, 0.3) is 11.0 Å². The summed E-state index contributed by atoms with van der Waals surface area (Å²) in [7, 11) is 1.91. The third-order valence-corrected chi connectivity index (χ3v) is 3.60. The predicted molar refractivity (Wildman–Crippen MR) is 74.0 cm³/mol. The molecule has 6 heteroatoms. The largest absolute Gasteiger partial charge is 0.328 e. The molecule has 0 unspecified atom stereocenters. The number of halogens is 1. The Labute approximate surface area is 114 Å². The van der Waals surface area contributed by atoms with Gasteiger partial charge in [0, 0.05) is 31.9 Å². The zero-order chi connectivity index (χ0) is 13.4. The third kappa shape index (κ3) is 2.08. The first-order chi connectivity index (χ1) is 9.16. The third-order valence-electron chi connectivity index (χ3n) is 3.27. The van der Waals surface area contributed by atoms with Crippen molar-refractivity contribution in [1.29, 1.82) is 0 Å². The second-order valence-corrected chi connectivity index (χ2v) is 4.80. The zero-order valence-corrected chi connectivity index (χ0v) is 11.2. The standard InChI is InChI=1S/C13H13FN4S/c1-17-9(5-7-15-17)6-8-18-11-4-2-3-10(14)12(11)16-13(18)19/h2-5,7H,6,8H2,1H3,(H,16,19).